The van der Waals surface area contributed by atoms with Crippen LogP contribution in [0.25, 0.3) is 0 Å². The van der Waals surface area contributed by atoms with Crippen LogP contribution in [0.4, 0.5) is 0 Å². The number of aliphatic hydroxyl groups excluding tert-OH is 1. The molecule has 2 atom stereocenters. The average Bonchev–Trinajstić information content (AvgIpc) is 2.16. The van der Waals surface area contributed by atoms with E-state index < -0.39 is 0 Å². The maximum atomic E-state index is 9.63. The van der Waals surface area contributed by atoms with E-state index in [4.69, 9.17) is 0 Å². The van der Waals surface area contributed by atoms with Gasteiger partial charge in [-0.25, -0.2) is 0 Å². The van der Waals surface area contributed by atoms with Gasteiger partial charge in [0, 0.05) is 11.9 Å². The maximum absolute atomic E-state index is 9.63. The van der Waals surface area contributed by atoms with E-state index in [9.17, 15) is 5.11 Å². The summed E-state index contributed by atoms with van der Waals surface area (Å²) in [6.07, 6.45) is 8.22. The van der Waals surface area contributed by atoms with Crippen LogP contribution in [-0.2, 0) is 0 Å². The Bertz CT molecular complexity index is 215. The summed E-state index contributed by atoms with van der Waals surface area (Å²) >= 11 is 3.71. The van der Waals surface area contributed by atoms with E-state index in [0.29, 0.717) is 17.4 Å². The number of alkyl halides is 1. The summed E-state index contributed by atoms with van der Waals surface area (Å²) < 4.78 is 0. The van der Waals surface area contributed by atoms with Crippen LogP contribution in [0.2, 0.25) is 0 Å². The molecule has 4 saturated carbocycles. The first kappa shape index (κ1) is 9.65. The summed E-state index contributed by atoms with van der Waals surface area (Å²) in [5.41, 5.74) is 0.894. The van der Waals surface area contributed by atoms with E-state index in [2.05, 4.69) is 15.9 Å². The van der Waals surface area contributed by atoms with E-state index in [0.717, 1.165) is 17.2 Å². The first-order valence-electron chi connectivity index (χ1n) is 5.86. The minimum atomic E-state index is 0.331. The van der Waals surface area contributed by atoms with Crippen LogP contribution in [0.5, 0.6) is 0 Å². The molecule has 1 nitrogen and oxygen atoms in total. The van der Waals surface area contributed by atoms with E-state index in [1.165, 1.54) is 38.5 Å². The molecule has 0 radical (unpaired) electrons. The topological polar surface area (TPSA) is 20.2 Å². The lowest BCUT2D eigenvalue weighted by molar-refractivity contribution is -0.119. The molecule has 0 aromatic heterocycles. The molecule has 0 amide bonds. The van der Waals surface area contributed by atoms with Crippen LogP contribution in [0.15, 0.2) is 0 Å². The Hall–Kier alpha value is 0.440. The third-order valence-corrected chi connectivity index (χ3v) is 6.11. The number of hydrogen-bond donors (Lipinski definition) is 1. The van der Waals surface area contributed by atoms with Gasteiger partial charge in [-0.3, -0.25) is 0 Å². The lowest BCUT2D eigenvalue weighted by Gasteiger charge is -2.61. The SMILES string of the molecule is OCC12C[C@H]3C[C@H](C1)CC(CBr)(C3)C2. The summed E-state index contributed by atoms with van der Waals surface area (Å²) in [7, 11) is 0. The Morgan fingerprint density at radius 1 is 1.07 bits per heavy atom. The molecule has 1 N–H and O–H groups in total. The summed E-state index contributed by atoms with van der Waals surface area (Å²) in [5, 5.41) is 10.8. The molecule has 0 aliphatic heterocycles. The van der Waals surface area contributed by atoms with E-state index >= 15 is 0 Å². The third-order valence-electron chi connectivity index (χ3n) is 4.92. The van der Waals surface area contributed by atoms with Crippen molar-refractivity contribution < 1.29 is 5.11 Å². The van der Waals surface area contributed by atoms with Crippen LogP contribution >= 0.6 is 15.9 Å². The quantitative estimate of drug-likeness (QED) is 0.756. The normalized spacial score (nSPS) is 55.3. The van der Waals surface area contributed by atoms with Gasteiger partial charge in [0.25, 0.3) is 0 Å². The van der Waals surface area contributed by atoms with Crippen molar-refractivity contribution >= 4 is 15.9 Å². The second-order valence-electron chi connectivity index (χ2n) is 6.25. The fourth-order valence-electron chi connectivity index (χ4n) is 4.99. The largest absolute Gasteiger partial charge is 0.396 e. The molecule has 0 saturated heterocycles. The zero-order valence-electron chi connectivity index (χ0n) is 8.64. The van der Waals surface area contributed by atoms with Crippen molar-refractivity contribution in [3.05, 3.63) is 0 Å². The van der Waals surface area contributed by atoms with Gasteiger partial charge in [0.15, 0.2) is 0 Å². The highest BCUT2D eigenvalue weighted by Gasteiger charge is 2.56. The molecule has 0 unspecified atom stereocenters. The standard InChI is InChI=1S/C12H19BrO/c13-7-11-2-9-1-10(3-11)5-12(4-9,6-11)8-14/h9-10,14H,1-8H2/t9-,10-,11?,12?/m0/s1. The molecular formula is C12H19BrO. The highest BCUT2D eigenvalue weighted by Crippen LogP contribution is 2.65. The van der Waals surface area contributed by atoms with Gasteiger partial charge >= 0.3 is 0 Å². The predicted molar refractivity (Wildman–Crippen MR) is 60.4 cm³/mol. The van der Waals surface area contributed by atoms with Crippen LogP contribution in [-0.4, -0.2) is 17.0 Å². The minimum Gasteiger partial charge on any atom is -0.396 e. The highest BCUT2D eigenvalue weighted by atomic mass is 79.9. The maximum Gasteiger partial charge on any atom is 0.0487 e. The molecule has 14 heavy (non-hydrogen) atoms. The fraction of sp³-hybridized carbons (Fsp3) is 1.00. The van der Waals surface area contributed by atoms with Crippen molar-refractivity contribution in [2.45, 2.75) is 38.5 Å². The molecule has 4 aliphatic rings. The number of halogens is 1. The first-order chi connectivity index (χ1) is 6.69. The molecule has 0 heterocycles. The van der Waals surface area contributed by atoms with Crippen molar-refractivity contribution in [3.63, 3.8) is 0 Å². The Labute approximate surface area is 94.4 Å². The Kier molecular flexibility index (Phi) is 2.05. The molecule has 4 rings (SSSR count). The van der Waals surface area contributed by atoms with Crippen LogP contribution in [0.1, 0.15) is 38.5 Å². The van der Waals surface area contributed by atoms with Crippen molar-refractivity contribution in [2.24, 2.45) is 22.7 Å². The Morgan fingerprint density at radius 3 is 2.14 bits per heavy atom. The zero-order valence-corrected chi connectivity index (χ0v) is 10.2. The molecule has 80 valence electrons. The highest BCUT2D eigenvalue weighted by molar-refractivity contribution is 9.09. The monoisotopic (exact) mass is 258 g/mol. The van der Waals surface area contributed by atoms with Gasteiger partial charge in [-0.05, 0) is 61.2 Å². The fourth-order valence-corrected chi connectivity index (χ4v) is 5.65. The smallest absolute Gasteiger partial charge is 0.0487 e. The van der Waals surface area contributed by atoms with Crippen LogP contribution < -0.4 is 0 Å². The average molecular weight is 259 g/mol. The Morgan fingerprint density at radius 2 is 1.64 bits per heavy atom. The second-order valence-corrected chi connectivity index (χ2v) is 6.81. The summed E-state index contributed by atoms with van der Waals surface area (Å²) in [6.45, 7) is 0.439. The first-order valence-corrected chi connectivity index (χ1v) is 6.98. The molecule has 0 spiro atoms. The lowest BCUT2D eigenvalue weighted by atomic mass is 9.45. The van der Waals surface area contributed by atoms with E-state index in [1.54, 1.807) is 0 Å². The molecule has 4 aliphatic carbocycles. The predicted octanol–water partition coefficient (Wildman–Crippen LogP) is 2.96. The summed E-state index contributed by atoms with van der Waals surface area (Å²) in [6, 6.07) is 0. The van der Waals surface area contributed by atoms with Gasteiger partial charge in [-0.1, -0.05) is 15.9 Å². The van der Waals surface area contributed by atoms with Gasteiger partial charge in [-0.2, -0.15) is 0 Å². The van der Waals surface area contributed by atoms with Crippen molar-refractivity contribution in [2.75, 3.05) is 11.9 Å². The van der Waals surface area contributed by atoms with E-state index in [1.807, 2.05) is 0 Å². The van der Waals surface area contributed by atoms with Gasteiger partial charge in [0.1, 0.15) is 0 Å². The number of aliphatic hydroxyl groups is 1. The van der Waals surface area contributed by atoms with E-state index in [-0.39, 0.29) is 0 Å². The Balaban J connectivity index is 1.94. The van der Waals surface area contributed by atoms with Gasteiger partial charge < -0.3 is 5.11 Å². The van der Waals surface area contributed by atoms with Gasteiger partial charge in [0.05, 0.1) is 0 Å². The molecule has 0 aromatic carbocycles. The molecule has 4 bridgehead atoms. The van der Waals surface area contributed by atoms with Crippen molar-refractivity contribution in [1.82, 2.24) is 0 Å². The molecule has 2 heteroatoms. The van der Waals surface area contributed by atoms with Crippen LogP contribution in [0.3, 0.4) is 0 Å². The minimum absolute atomic E-state index is 0.331. The third kappa shape index (κ3) is 1.23. The van der Waals surface area contributed by atoms with Crippen LogP contribution in [0, 0.1) is 22.7 Å². The number of rotatable bonds is 2. The number of hydrogen-bond acceptors (Lipinski definition) is 1. The lowest BCUT2D eigenvalue weighted by Crippen LogP contribution is -2.53. The van der Waals surface area contributed by atoms with Crippen molar-refractivity contribution in [1.29, 1.82) is 0 Å². The molecule has 4 fully saturated rings. The molecular weight excluding hydrogens is 240 g/mol. The van der Waals surface area contributed by atoms with Gasteiger partial charge in [0.2, 0.25) is 0 Å². The van der Waals surface area contributed by atoms with Crippen molar-refractivity contribution in [3.8, 4) is 0 Å². The van der Waals surface area contributed by atoms with Gasteiger partial charge in [-0.15, -0.1) is 0 Å². The summed E-state index contributed by atoms with van der Waals surface area (Å²) in [4.78, 5) is 0. The molecule has 0 aromatic rings. The zero-order chi connectivity index (χ0) is 9.81. The summed E-state index contributed by atoms with van der Waals surface area (Å²) in [5.74, 6) is 1.86. The second kappa shape index (κ2) is 2.98.